The monoisotopic (exact) mass is 316 g/mol. The molecule has 2 heterocycles. The van der Waals surface area contributed by atoms with Crippen LogP contribution in [0.2, 0.25) is 0 Å². The van der Waals surface area contributed by atoms with Crippen LogP contribution >= 0.6 is 0 Å². The summed E-state index contributed by atoms with van der Waals surface area (Å²) >= 11 is 0. The standard InChI is InChI=1S/C16H20F4N2/c1-21-8-12-9-22(6-5-16(18,19)20)10-14(12)15(21)11-3-2-4-13(17)7-11/h2-4,7,12,14-15H,5-6,8-10H2,1H3/t12-,14+,15-/m0/s1. The van der Waals surface area contributed by atoms with Gasteiger partial charge in [0.15, 0.2) is 0 Å². The first kappa shape index (κ1) is 15.7. The topological polar surface area (TPSA) is 6.48 Å². The highest BCUT2D eigenvalue weighted by Crippen LogP contribution is 2.44. The van der Waals surface area contributed by atoms with Crippen LogP contribution in [0.15, 0.2) is 24.3 Å². The molecule has 2 fully saturated rings. The van der Waals surface area contributed by atoms with Gasteiger partial charge in [0.2, 0.25) is 0 Å². The highest BCUT2D eigenvalue weighted by Gasteiger charge is 2.46. The number of likely N-dealkylation sites (tertiary alicyclic amines) is 2. The number of alkyl halides is 3. The second-order valence-corrected chi connectivity index (χ2v) is 6.49. The van der Waals surface area contributed by atoms with Gasteiger partial charge in [-0.05, 0) is 36.6 Å². The first-order chi connectivity index (χ1) is 10.3. The van der Waals surface area contributed by atoms with Gasteiger partial charge in [-0.15, -0.1) is 0 Å². The fourth-order valence-electron chi connectivity index (χ4n) is 4.01. The van der Waals surface area contributed by atoms with Crippen molar-refractivity contribution in [3.63, 3.8) is 0 Å². The third-order valence-electron chi connectivity index (χ3n) is 4.87. The smallest absolute Gasteiger partial charge is 0.302 e. The first-order valence-corrected chi connectivity index (χ1v) is 7.58. The zero-order chi connectivity index (χ0) is 15.9. The number of halogens is 4. The second kappa shape index (κ2) is 5.81. The fraction of sp³-hybridized carbons (Fsp3) is 0.625. The molecule has 0 aromatic heterocycles. The van der Waals surface area contributed by atoms with Crippen LogP contribution in [0.4, 0.5) is 17.6 Å². The molecule has 0 amide bonds. The Morgan fingerprint density at radius 1 is 1.18 bits per heavy atom. The largest absolute Gasteiger partial charge is 0.390 e. The van der Waals surface area contributed by atoms with Crippen molar-refractivity contribution in [1.29, 1.82) is 0 Å². The van der Waals surface area contributed by atoms with E-state index in [-0.39, 0.29) is 24.3 Å². The Kier molecular flexibility index (Phi) is 4.16. The minimum Gasteiger partial charge on any atom is -0.302 e. The average molecular weight is 316 g/mol. The van der Waals surface area contributed by atoms with Crippen molar-refractivity contribution < 1.29 is 17.6 Å². The van der Waals surface area contributed by atoms with Crippen molar-refractivity contribution >= 4 is 0 Å². The number of hydrogen-bond donors (Lipinski definition) is 0. The lowest BCUT2D eigenvalue weighted by molar-refractivity contribution is -0.137. The molecular formula is C16H20F4N2. The van der Waals surface area contributed by atoms with Crippen LogP contribution in [-0.4, -0.2) is 49.2 Å². The van der Waals surface area contributed by atoms with Crippen molar-refractivity contribution in [2.75, 3.05) is 33.2 Å². The van der Waals surface area contributed by atoms with Crippen LogP contribution in [0, 0.1) is 17.7 Å². The van der Waals surface area contributed by atoms with Crippen molar-refractivity contribution in [3.05, 3.63) is 35.6 Å². The van der Waals surface area contributed by atoms with E-state index in [1.54, 1.807) is 12.1 Å². The minimum atomic E-state index is -4.10. The van der Waals surface area contributed by atoms with E-state index in [1.807, 2.05) is 18.0 Å². The van der Waals surface area contributed by atoms with E-state index in [0.717, 1.165) is 12.1 Å². The second-order valence-electron chi connectivity index (χ2n) is 6.49. The Labute approximate surface area is 127 Å². The van der Waals surface area contributed by atoms with Gasteiger partial charge < -0.3 is 4.90 Å². The molecule has 2 aliphatic heterocycles. The molecule has 2 saturated heterocycles. The van der Waals surface area contributed by atoms with Gasteiger partial charge >= 0.3 is 6.18 Å². The van der Waals surface area contributed by atoms with Crippen LogP contribution in [0.1, 0.15) is 18.0 Å². The molecule has 122 valence electrons. The lowest BCUT2D eigenvalue weighted by atomic mass is 9.89. The van der Waals surface area contributed by atoms with Crippen LogP contribution in [0.5, 0.6) is 0 Å². The molecule has 0 aliphatic carbocycles. The number of fused-ring (bicyclic) bond motifs is 1. The molecule has 1 aromatic rings. The summed E-state index contributed by atoms with van der Waals surface area (Å²) in [7, 11) is 2.01. The summed E-state index contributed by atoms with van der Waals surface area (Å²) in [4.78, 5) is 4.10. The minimum absolute atomic E-state index is 0.0656. The number of rotatable bonds is 3. The van der Waals surface area contributed by atoms with E-state index in [4.69, 9.17) is 0 Å². The molecule has 2 nitrogen and oxygen atoms in total. The van der Waals surface area contributed by atoms with E-state index in [0.29, 0.717) is 19.0 Å². The number of hydrogen-bond acceptors (Lipinski definition) is 2. The molecule has 3 atom stereocenters. The summed E-state index contributed by atoms with van der Waals surface area (Å²) in [6.45, 7) is 2.29. The van der Waals surface area contributed by atoms with Crippen molar-refractivity contribution in [1.82, 2.24) is 9.80 Å². The van der Waals surface area contributed by atoms with Gasteiger partial charge in [0.05, 0.1) is 6.42 Å². The third-order valence-corrected chi connectivity index (χ3v) is 4.87. The van der Waals surface area contributed by atoms with Crippen molar-refractivity contribution in [2.24, 2.45) is 11.8 Å². The highest BCUT2D eigenvalue weighted by molar-refractivity contribution is 5.23. The van der Waals surface area contributed by atoms with Crippen LogP contribution < -0.4 is 0 Å². The normalized spacial score (nSPS) is 30.0. The summed E-state index contributed by atoms with van der Waals surface area (Å²) < 4.78 is 50.6. The average Bonchev–Trinajstić information content (AvgIpc) is 2.91. The fourth-order valence-corrected chi connectivity index (χ4v) is 4.01. The molecule has 0 spiro atoms. The summed E-state index contributed by atoms with van der Waals surface area (Å²) in [6.07, 6.45) is -4.86. The molecule has 0 saturated carbocycles. The maximum absolute atomic E-state index is 13.5. The Hall–Kier alpha value is -1.14. The third kappa shape index (κ3) is 3.27. The molecule has 22 heavy (non-hydrogen) atoms. The Balaban J connectivity index is 1.69. The summed E-state index contributed by atoms with van der Waals surface area (Å²) in [6, 6.07) is 6.66. The van der Waals surface area contributed by atoms with E-state index < -0.39 is 12.6 Å². The van der Waals surface area contributed by atoms with E-state index >= 15 is 0 Å². The number of benzene rings is 1. The summed E-state index contributed by atoms with van der Waals surface area (Å²) in [5.74, 6) is 0.382. The maximum atomic E-state index is 13.5. The summed E-state index contributed by atoms with van der Waals surface area (Å²) in [5.41, 5.74) is 0.924. The first-order valence-electron chi connectivity index (χ1n) is 7.58. The lowest BCUT2D eigenvalue weighted by Crippen LogP contribution is -2.31. The lowest BCUT2D eigenvalue weighted by Gasteiger charge is -2.27. The van der Waals surface area contributed by atoms with Gasteiger partial charge in [0.25, 0.3) is 0 Å². The molecule has 2 aliphatic rings. The predicted molar refractivity (Wildman–Crippen MR) is 75.9 cm³/mol. The van der Waals surface area contributed by atoms with Crippen molar-refractivity contribution in [3.8, 4) is 0 Å². The molecule has 1 aromatic carbocycles. The predicted octanol–water partition coefficient (Wildman–Crippen LogP) is 3.31. The van der Waals surface area contributed by atoms with Crippen LogP contribution in [0.3, 0.4) is 0 Å². The van der Waals surface area contributed by atoms with Crippen molar-refractivity contribution in [2.45, 2.75) is 18.6 Å². The van der Waals surface area contributed by atoms with Crippen LogP contribution in [-0.2, 0) is 0 Å². The van der Waals surface area contributed by atoms with Gasteiger partial charge in [-0.1, -0.05) is 12.1 Å². The van der Waals surface area contributed by atoms with Gasteiger partial charge in [-0.25, -0.2) is 4.39 Å². The zero-order valence-corrected chi connectivity index (χ0v) is 12.5. The Morgan fingerprint density at radius 3 is 2.64 bits per heavy atom. The van der Waals surface area contributed by atoms with E-state index in [1.165, 1.54) is 6.07 Å². The maximum Gasteiger partial charge on any atom is 0.390 e. The zero-order valence-electron chi connectivity index (χ0n) is 12.5. The summed E-state index contributed by atoms with van der Waals surface area (Å²) in [5, 5.41) is 0. The van der Waals surface area contributed by atoms with Gasteiger partial charge in [0.1, 0.15) is 5.82 Å². The Morgan fingerprint density at radius 2 is 1.95 bits per heavy atom. The highest BCUT2D eigenvalue weighted by atomic mass is 19.4. The molecule has 6 heteroatoms. The van der Waals surface area contributed by atoms with E-state index in [2.05, 4.69) is 4.90 Å². The van der Waals surface area contributed by atoms with Gasteiger partial charge in [-0.2, -0.15) is 13.2 Å². The SMILES string of the molecule is CN1C[C@H]2CN(CCC(F)(F)F)C[C@H]2[C@@H]1c1cccc(F)c1. The van der Waals surface area contributed by atoms with Gasteiger partial charge in [-0.3, -0.25) is 4.90 Å². The molecule has 0 N–H and O–H groups in total. The molecule has 3 rings (SSSR count). The molecular weight excluding hydrogens is 296 g/mol. The molecule has 0 bridgehead atoms. The number of nitrogens with zero attached hydrogens (tertiary/aromatic N) is 2. The van der Waals surface area contributed by atoms with Crippen LogP contribution in [0.25, 0.3) is 0 Å². The Bertz CT molecular complexity index is 531. The quantitative estimate of drug-likeness (QED) is 0.790. The molecule has 0 radical (unpaired) electrons. The van der Waals surface area contributed by atoms with E-state index in [9.17, 15) is 17.6 Å². The molecule has 0 unspecified atom stereocenters. The van der Waals surface area contributed by atoms with Gasteiger partial charge in [0, 0.05) is 32.2 Å².